The summed E-state index contributed by atoms with van der Waals surface area (Å²) in [7, 11) is 0. The second kappa shape index (κ2) is 8.81. The highest BCUT2D eigenvalue weighted by Gasteiger charge is 2.35. The van der Waals surface area contributed by atoms with Gasteiger partial charge in [-0.2, -0.15) is 0 Å². The summed E-state index contributed by atoms with van der Waals surface area (Å²) in [5.74, 6) is -0.435. The molecule has 23 heavy (non-hydrogen) atoms. The third-order valence-corrected chi connectivity index (χ3v) is 4.92. The fourth-order valence-corrected chi connectivity index (χ4v) is 3.54. The van der Waals surface area contributed by atoms with E-state index in [1.54, 1.807) is 0 Å². The zero-order valence-electron chi connectivity index (χ0n) is 13.5. The van der Waals surface area contributed by atoms with Crippen LogP contribution >= 0.6 is 11.3 Å². The van der Waals surface area contributed by atoms with Crippen molar-refractivity contribution < 1.29 is 9.59 Å². The smallest absolute Gasteiger partial charge is 0.223 e. The van der Waals surface area contributed by atoms with Crippen molar-refractivity contribution >= 4 is 28.3 Å². The van der Waals surface area contributed by atoms with Gasteiger partial charge in [-0.1, -0.05) is 31.1 Å². The van der Waals surface area contributed by atoms with Crippen molar-refractivity contribution in [1.29, 1.82) is 0 Å². The van der Waals surface area contributed by atoms with Gasteiger partial charge in [0.1, 0.15) is 5.01 Å². The fourth-order valence-electron chi connectivity index (χ4n) is 2.93. The number of amides is 2. The van der Waals surface area contributed by atoms with Gasteiger partial charge in [0.15, 0.2) is 0 Å². The molecular weight excluding hydrogens is 314 g/mol. The van der Waals surface area contributed by atoms with E-state index in [-0.39, 0.29) is 23.7 Å². The summed E-state index contributed by atoms with van der Waals surface area (Å²) in [6.07, 6.45) is 5.10. The van der Waals surface area contributed by atoms with Crippen LogP contribution in [0.4, 0.5) is 5.13 Å². The van der Waals surface area contributed by atoms with Gasteiger partial charge in [-0.05, 0) is 19.3 Å². The minimum atomic E-state index is -0.222. The molecule has 0 radical (unpaired) electrons. The number of anilines is 1. The number of hydrogen-bond acceptors (Lipinski definition) is 6. The standard InChI is InChI=1S/C15H25N5O2S/c1-2-8-17-13(21)10-5-3-4-6-11(10)14(22)18-9-7-12-19-20-15(16)23-12/h10-11H,2-9H2,1H3,(H2,16,20)(H,17,21)(H,18,22)/t10-,11+/m1/s1. The summed E-state index contributed by atoms with van der Waals surface area (Å²) >= 11 is 1.33. The van der Waals surface area contributed by atoms with Gasteiger partial charge in [-0.25, -0.2) is 0 Å². The van der Waals surface area contributed by atoms with Crippen LogP contribution in [0.25, 0.3) is 0 Å². The molecule has 1 aromatic heterocycles. The molecule has 2 atom stereocenters. The molecule has 0 aliphatic heterocycles. The van der Waals surface area contributed by atoms with Gasteiger partial charge in [-0.3, -0.25) is 9.59 Å². The molecule has 0 unspecified atom stereocenters. The number of rotatable bonds is 7. The molecule has 1 saturated carbocycles. The van der Waals surface area contributed by atoms with E-state index in [1.165, 1.54) is 11.3 Å². The number of carbonyl (C=O) groups is 2. The molecule has 128 valence electrons. The van der Waals surface area contributed by atoms with Gasteiger partial charge in [0.2, 0.25) is 16.9 Å². The van der Waals surface area contributed by atoms with Crippen LogP contribution in [0.3, 0.4) is 0 Å². The normalized spacial score (nSPS) is 20.9. The third kappa shape index (κ3) is 5.16. The van der Waals surface area contributed by atoms with Crippen LogP contribution in [-0.2, 0) is 16.0 Å². The Morgan fingerprint density at radius 2 is 1.74 bits per heavy atom. The first-order valence-corrected chi connectivity index (χ1v) is 9.06. The number of nitrogens with zero attached hydrogens (tertiary/aromatic N) is 2. The number of hydrogen-bond donors (Lipinski definition) is 3. The van der Waals surface area contributed by atoms with Crippen LogP contribution in [0.15, 0.2) is 0 Å². The molecule has 4 N–H and O–H groups in total. The first-order chi connectivity index (χ1) is 11.1. The highest BCUT2D eigenvalue weighted by atomic mass is 32.1. The predicted molar refractivity (Wildman–Crippen MR) is 89.8 cm³/mol. The Morgan fingerprint density at radius 1 is 1.13 bits per heavy atom. The van der Waals surface area contributed by atoms with Crippen LogP contribution in [0.1, 0.15) is 44.0 Å². The van der Waals surface area contributed by atoms with E-state index >= 15 is 0 Å². The summed E-state index contributed by atoms with van der Waals surface area (Å²) in [6, 6.07) is 0. The van der Waals surface area contributed by atoms with E-state index in [4.69, 9.17) is 5.73 Å². The Kier molecular flexibility index (Phi) is 6.76. The van der Waals surface area contributed by atoms with Gasteiger partial charge in [-0.15, -0.1) is 10.2 Å². The van der Waals surface area contributed by atoms with Gasteiger partial charge >= 0.3 is 0 Å². The Bertz CT molecular complexity index is 534. The van der Waals surface area contributed by atoms with Crippen LogP contribution in [-0.4, -0.2) is 35.1 Å². The van der Waals surface area contributed by atoms with E-state index < -0.39 is 0 Å². The molecule has 1 aliphatic rings. The van der Waals surface area contributed by atoms with Crippen LogP contribution in [0, 0.1) is 11.8 Å². The molecule has 0 bridgehead atoms. The average molecular weight is 339 g/mol. The molecule has 0 aromatic carbocycles. The molecule has 8 heteroatoms. The van der Waals surface area contributed by atoms with E-state index in [9.17, 15) is 9.59 Å². The lowest BCUT2D eigenvalue weighted by molar-refractivity contribution is -0.136. The number of nitrogens with one attached hydrogen (secondary N) is 2. The Labute approximate surface area is 140 Å². The molecule has 1 fully saturated rings. The molecule has 0 saturated heterocycles. The van der Waals surface area contributed by atoms with Gasteiger partial charge in [0, 0.05) is 31.3 Å². The zero-order chi connectivity index (χ0) is 16.7. The third-order valence-electron chi connectivity index (χ3n) is 4.11. The molecule has 1 aromatic rings. The van der Waals surface area contributed by atoms with Crippen molar-refractivity contribution in [3.63, 3.8) is 0 Å². The molecule has 1 heterocycles. The summed E-state index contributed by atoms with van der Waals surface area (Å²) in [5, 5.41) is 14.8. The first-order valence-electron chi connectivity index (χ1n) is 8.25. The minimum absolute atomic E-state index is 0.0172. The van der Waals surface area contributed by atoms with Gasteiger partial charge < -0.3 is 16.4 Å². The lowest BCUT2D eigenvalue weighted by Crippen LogP contribution is -2.44. The Hall–Kier alpha value is -1.70. The SMILES string of the molecule is CCCNC(=O)[C@@H]1CCCC[C@@H]1C(=O)NCCc1nnc(N)s1. The summed E-state index contributed by atoms with van der Waals surface area (Å²) in [6.45, 7) is 3.18. The van der Waals surface area contributed by atoms with E-state index in [1.807, 2.05) is 6.92 Å². The molecule has 0 spiro atoms. The zero-order valence-corrected chi connectivity index (χ0v) is 14.3. The topological polar surface area (TPSA) is 110 Å². The second-order valence-corrected chi connectivity index (χ2v) is 6.96. The Morgan fingerprint density at radius 3 is 2.26 bits per heavy atom. The van der Waals surface area contributed by atoms with Crippen molar-refractivity contribution in [2.75, 3.05) is 18.8 Å². The molecule has 2 amide bonds. The van der Waals surface area contributed by atoms with Crippen molar-refractivity contribution in [3.05, 3.63) is 5.01 Å². The van der Waals surface area contributed by atoms with Crippen LogP contribution < -0.4 is 16.4 Å². The van der Waals surface area contributed by atoms with Crippen LogP contribution in [0.5, 0.6) is 0 Å². The molecule has 7 nitrogen and oxygen atoms in total. The van der Waals surface area contributed by atoms with Gasteiger partial charge in [0.25, 0.3) is 0 Å². The number of nitrogen functional groups attached to an aromatic ring is 1. The highest BCUT2D eigenvalue weighted by Crippen LogP contribution is 2.30. The maximum atomic E-state index is 12.4. The maximum absolute atomic E-state index is 12.4. The number of aromatic nitrogens is 2. The highest BCUT2D eigenvalue weighted by molar-refractivity contribution is 7.15. The van der Waals surface area contributed by atoms with Crippen molar-refractivity contribution in [2.45, 2.75) is 45.4 Å². The average Bonchev–Trinajstić information content (AvgIpc) is 2.97. The minimum Gasteiger partial charge on any atom is -0.374 e. The summed E-state index contributed by atoms with van der Waals surface area (Å²) in [4.78, 5) is 24.7. The quantitative estimate of drug-likeness (QED) is 0.689. The lowest BCUT2D eigenvalue weighted by Gasteiger charge is -2.29. The first kappa shape index (κ1) is 17.7. The predicted octanol–water partition coefficient (Wildman–Crippen LogP) is 1.11. The van der Waals surface area contributed by atoms with E-state index in [0.29, 0.717) is 24.6 Å². The van der Waals surface area contributed by atoms with E-state index in [2.05, 4.69) is 20.8 Å². The fraction of sp³-hybridized carbons (Fsp3) is 0.733. The maximum Gasteiger partial charge on any atom is 0.223 e. The lowest BCUT2D eigenvalue weighted by atomic mass is 9.78. The number of carbonyl (C=O) groups excluding carboxylic acids is 2. The Balaban J connectivity index is 1.83. The van der Waals surface area contributed by atoms with Gasteiger partial charge in [0.05, 0.1) is 0 Å². The van der Waals surface area contributed by atoms with E-state index in [0.717, 1.165) is 37.1 Å². The molecular formula is C15H25N5O2S. The van der Waals surface area contributed by atoms with Crippen LogP contribution in [0.2, 0.25) is 0 Å². The summed E-state index contributed by atoms with van der Waals surface area (Å²) in [5.41, 5.74) is 5.53. The van der Waals surface area contributed by atoms with Crippen molar-refractivity contribution in [1.82, 2.24) is 20.8 Å². The molecule has 1 aliphatic carbocycles. The second-order valence-electron chi connectivity index (χ2n) is 5.86. The monoisotopic (exact) mass is 339 g/mol. The number of nitrogens with two attached hydrogens (primary N) is 1. The molecule has 2 rings (SSSR count). The summed E-state index contributed by atoms with van der Waals surface area (Å²) < 4.78 is 0. The largest absolute Gasteiger partial charge is 0.374 e. The van der Waals surface area contributed by atoms with Crippen molar-refractivity contribution in [3.8, 4) is 0 Å². The van der Waals surface area contributed by atoms with Crippen molar-refractivity contribution in [2.24, 2.45) is 11.8 Å².